The highest BCUT2D eigenvalue weighted by Gasteiger charge is 2.30. The molecule has 7 heteroatoms. The van der Waals surface area contributed by atoms with Crippen LogP contribution >= 0.6 is 11.6 Å². The van der Waals surface area contributed by atoms with E-state index in [1.54, 1.807) is 18.2 Å². The lowest BCUT2D eigenvalue weighted by molar-refractivity contribution is -0.137. The molecule has 1 aromatic heterocycles. The molecule has 0 unspecified atom stereocenters. The fourth-order valence-electron chi connectivity index (χ4n) is 2.06. The van der Waals surface area contributed by atoms with Crippen molar-refractivity contribution in [2.75, 3.05) is 5.73 Å². The van der Waals surface area contributed by atoms with Crippen LogP contribution < -0.4 is 5.73 Å². The van der Waals surface area contributed by atoms with Crippen LogP contribution in [0.5, 0.6) is 0 Å². The third-order valence-corrected chi connectivity index (χ3v) is 3.31. The SMILES string of the molecule is Nc1cc(Cl)ccc1-c1nc2ccc(C(F)(F)F)cc2[nH]1. The van der Waals surface area contributed by atoms with Gasteiger partial charge in [-0.05, 0) is 36.4 Å². The second-order valence-electron chi connectivity index (χ2n) is 4.55. The maximum atomic E-state index is 12.7. The number of imidazole rings is 1. The summed E-state index contributed by atoms with van der Waals surface area (Å²) in [5, 5.41) is 0.478. The standard InChI is InChI=1S/C14H9ClF3N3/c15-8-2-3-9(10(19)6-8)13-20-11-4-1-7(14(16,17)18)5-12(11)21-13/h1-6H,19H2,(H,20,21). The highest BCUT2D eigenvalue weighted by atomic mass is 35.5. The first kappa shape index (κ1) is 13.8. The van der Waals surface area contributed by atoms with Gasteiger partial charge in [0.25, 0.3) is 0 Å². The molecule has 2 aromatic carbocycles. The summed E-state index contributed by atoms with van der Waals surface area (Å²) in [7, 11) is 0. The first-order valence-corrected chi connectivity index (χ1v) is 6.35. The van der Waals surface area contributed by atoms with Gasteiger partial charge < -0.3 is 10.7 Å². The molecule has 3 nitrogen and oxygen atoms in total. The first-order chi connectivity index (χ1) is 9.84. The number of hydrogen-bond donors (Lipinski definition) is 2. The van der Waals surface area contributed by atoms with Crippen molar-refractivity contribution >= 4 is 28.3 Å². The minimum Gasteiger partial charge on any atom is -0.398 e. The molecule has 3 aromatic rings. The van der Waals surface area contributed by atoms with E-state index in [9.17, 15) is 13.2 Å². The number of nitrogens with one attached hydrogen (secondary N) is 1. The van der Waals surface area contributed by atoms with E-state index in [1.807, 2.05) is 0 Å². The van der Waals surface area contributed by atoms with Gasteiger partial charge in [-0.15, -0.1) is 0 Å². The molecule has 0 bridgehead atoms. The minimum absolute atomic E-state index is 0.300. The van der Waals surface area contributed by atoms with Crippen LogP contribution in [0.2, 0.25) is 5.02 Å². The van der Waals surface area contributed by atoms with Crippen molar-refractivity contribution in [2.24, 2.45) is 0 Å². The zero-order valence-corrected chi connectivity index (χ0v) is 11.3. The van der Waals surface area contributed by atoms with E-state index in [2.05, 4.69) is 9.97 Å². The lowest BCUT2D eigenvalue weighted by Crippen LogP contribution is -2.04. The molecule has 0 radical (unpaired) electrons. The predicted molar refractivity (Wildman–Crippen MR) is 76.0 cm³/mol. The van der Waals surface area contributed by atoms with E-state index in [-0.39, 0.29) is 0 Å². The monoisotopic (exact) mass is 311 g/mol. The summed E-state index contributed by atoms with van der Waals surface area (Å²) in [5.41, 5.74) is 6.85. The molecule has 0 aliphatic rings. The molecule has 0 aliphatic carbocycles. The number of aromatic amines is 1. The topological polar surface area (TPSA) is 54.7 Å². The van der Waals surface area contributed by atoms with Gasteiger partial charge in [-0.2, -0.15) is 13.2 Å². The van der Waals surface area contributed by atoms with Gasteiger partial charge in [-0.3, -0.25) is 0 Å². The number of nitrogens with zero attached hydrogens (tertiary/aromatic N) is 1. The molecule has 0 amide bonds. The van der Waals surface area contributed by atoms with E-state index in [4.69, 9.17) is 17.3 Å². The Hall–Kier alpha value is -2.21. The number of halogens is 4. The lowest BCUT2D eigenvalue weighted by Gasteiger charge is -2.05. The number of nitrogen functional groups attached to an aromatic ring is 1. The highest BCUT2D eigenvalue weighted by molar-refractivity contribution is 6.31. The maximum absolute atomic E-state index is 12.7. The molecule has 21 heavy (non-hydrogen) atoms. The van der Waals surface area contributed by atoms with E-state index >= 15 is 0 Å². The van der Waals surface area contributed by atoms with Gasteiger partial charge in [0.05, 0.1) is 16.6 Å². The van der Waals surface area contributed by atoms with E-state index < -0.39 is 11.7 Å². The number of nitrogens with two attached hydrogens (primary N) is 1. The number of benzene rings is 2. The van der Waals surface area contributed by atoms with E-state index in [0.29, 0.717) is 33.1 Å². The Morgan fingerprint density at radius 2 is 1.86 bits per heavy atom. The molecule has 3 N–H and O–H groups in total. The number of alkyl halides is 3. The van der Waals surface area contributed by atoms with Crippen LogP contribution in [0.4, 0.5) is 18.9 Å². The van der Waals surface area contributed by atoms with Crippen molar-refractivity contribution < 1.29 is 13.2 Å². The second-order valence-corrected chi connectivity index (χ2v) is 4.98. The third-order valence-electron chi connectivity index (χ3n) is 3.08. The largest absolute Gasteiger partial charge is 0.416 e. The number of H-pyrrole nitrogens is 1. The third kappa shape index (κ3) is 2.54. The lowest BCUT2D eigenvalue weighted by atomic mass is 10.2. The van der Waals surface area contributed by atoms with Crippen LogP contribution in [0.3, 0.4) is 0 Å². The van der Waals surface area contributed by atoms with Crippen molar-refractivity contribution in [1.29, 1.82) is 0 Å². The average molecular weight is 312 g/mol. The van der Waals surface area contributed by atoms with Crippen molar-refractivity contribution in [3.05, 3.63) is 47.0 Å². The fraction of sp³-hybridized carbons (Fsp3) is 0.0714. The van der Waals surface area contributed by atoms with Crippen LogP contribution in [-0.2, 0) is 6.18 Å². The molecule has 0 spiro atoms. The summed E-state index contributed by atoms with van der Waals surface area (Å²) in [6.07, 6.45) is -4.39. The van der Waals surface area contributed by atoms with Crippen molar-refractivity contribution in [3.8, 4) is 11.4 Å². The van der Waals surface area contributed by atoms with Gasteiger partial charge in [0.2, 0.25) is 0 Å². The quantitative estimate of drug-likeness (QED) is 0.651. The molecule has 1 heterocycles. The Labute approximate surface area is 122 Å². The minimum atomic E-state index is -4.39. The van der Waals surface area contributed by atoms with E-state index in [1.165, 1.54) is 6.07 Å². The van der Waals surface area contributed by atoms with Gasteiger partial charge in [-0.25, -0.2) is 4.98 Å². The molecule has 0 saturated heterocycles. The molecular weight excluding hydrogens is 303 g/mol. The summed E-state index contributed by atoms with van der Waals surface area (Å²) in [6, 6.07) is 8.22. The molecule has 0 aliphatic heterocycles. The molecule has 108 valence electrons. The van der Waals surface area contributed by atoms with Crippen LogP contribution in [0.1, 0.15) is 5.56 Å². The van der Waals surface area contributed by atoms with Gasteiger partial charge in [0, 0.05) is 16.3 Å². The molecule has 0 fully saturated rings. The van der Waals surface area contributed by atoms with Crippen molar-refractivity contribution in [2.45, 2.75) is 6.18 Å². The van der Waals surface area contributed by atoms with Gasteiger partial charge in [0.15, 0.2) is 0 Å². The smallest absolute Gasteiger partial charge is 0.398 e. The zero-order valence-electron chi connectivity index (χ0n) is 10.5. The number of fused-ring (bicyclic) bond motifs is 1. The van der Waals surface area contributed by atoms with Crippen LogP contribution in [0, 0.1) is 0 Å². The van der Waals surface area contributed by atoms with Crippen LogP contribution in [0.25, 0.3) is 22.4 Å². The maximum Gasteiger partial charge on any atom is 0.416 e. The Morgan fingerprint density at radius 3 is 2.52 bits per heavy atom. The molecule has 0 saturated carbocycles. The fourth-order valence-corrected chi connectivity index (χ4v) is 2.24. The van der Waals surface area contributed by atoms with Crippen molar-refractivity contribution in [1.82, 2.24) is 9.97 Å². The average Bonchev–Trinajstić information content (AvgIpc) is 2.79. The number of aromatic nitrogens is 2. The molecular formula is C14H9ClF3N3. The summed E-state index contributed by atoms with van der Waals surface area (Å²) < 4.78 is 38.1. The Kier molecular flexibility index (Phi) is 3.06. The highest BCUT2D eigenvalue weighted by Crippen LogP contribution is 2.32. The molecule has 0 atom stereocenters. The second kappa shape index (κ2) is 4.66. The van der Waals surface area contributed by atoms with Crippen molar-refractivity contribution in [3.63, 3.8) is 0 Å². The summed E-state index contributed by atoms with van der Waals surface area (Å²) in [4.78, 5) is 7.10. The number of hydrogen-bond acceptors (Lipinski definition) is 2. The summed E-state index contributed by atoms with van der Waals surface area (Å²) in [6.45, 7) is 0. The van der Waals surface area contributed by atoms with Crippen LogP contribution in [0.15, 0.2) is 36.4 Å². The molecule has 3 rings (SSSR count). The van der Waals surface area contributed by atoms with E-state index in [0.717, 1.165) is 12.1 Å². The summed E-state index contributed by atoms with van der Waals surface area (Å²) in [5.74, 6) is 0.401. The summed E-state index contributed by atoms with van der Waals surface area (Å²) >= 11 is 5.82. The normalized spacial score (nSPS) is 12.0. The van der Waals surface area contributed by atoms with Gasteiger partial charge in [0.1, 0.15) is 5.82 Å². The number of rotatable bonds is 1. The Bertz CT molecular complexity index is 824. The first-order valence-electron chi connectivity index (χ1n) is 5.97. The van der Waals surface area contributed by atoms with Gasteiger partial charge in [-0.1, -0.05) is 11.6 Å². The number of anilines is 1. The van der Waals surface area contributed by atoms with Crippen LogP contribution in [-0.4, -0.2) is 9.97 Å². The Morgan fingerprint density at radius 1 is 1.10 bits per heavy atom. The Balaban J connectivity index is 2.13. The van der Waals surface area contributed by atoms with Gasteiger partial charge >= 0.3 is 6.18 Å². The zero-order chi connectivity index (χ0) is 15.2. The predicted octanol–water partition coefficient (Wildman–Crippen LogP) is 4.48.